The Balaban J connectivity index is 0.00000420. The van der Waals surface area contributed by atoms with E-state index in [1.54, 1.807) is 0 Å². The van der Waals surface area contributed by atoms with Crippen LogP contribution < -0.4 is 15.5 Å². The third-order valence-electron chi connectivity index (χ3n) is 4.40. The Kier molecular flexibility index (Phi) is 12.2. The number of ether oxygens (including phenoxy) is 1. The minimum Gasteiger partial charge on any atom is -0.378 e. The zero-order valence-corrected chi connectivity index (χ0v) is 21.0. The molecule has 0 radical (unpaired) electrons. The number of nitrogens with zero attached hydrogens (tertiary/aromatic N) is 2. The van der Waals surface area contributed by atoms with Crippen LogP contribution in [0.1, 0.15) is 19.8 Å². The van der Waals surface area contributed by atoms with Crippen molar-refractivity contribution in [2.75, 3.05) is 56.3 Å². The number of halogens is 2. The lowest BCUT2D eigenvalue weighted by Gasteiger charge is -2.35. The van der Waals surface area contributed by atoms with E-state index in [1.165, 1.54) is 6.26 Å². The molecule has 1 atom stereocenters. The maximum Gasteiger partial charge on any atom is 0.191 e. The molecule has 2 rings (SSSR count). The van der Waals surface area contributed by atoms with Gasteiger partial charge in [0.05, 0.1) is 36.2 Å². The lowest BCUT2D eigenvalue weighted by molar-refractivity contribution is 0.157. The van der Waals surface area contributed by atoms with Gasteiger partial charge in [0.1, 0.15) is 9.84 Å². The Morgan fingerprint density at radius 3 is 2.79 bits per heavy atom. The fourth-order valence-corrected chi connectivity index (χ4v) is 3.75. The van der Waals surface area contributed by atoms with Crippen LogP contribution in [0.4, 0.5) is 5.69 Å². The Morgan fingerprint density at radius 1 is 1.34 bits per heavy atom. The molecular formula is C19H32ClIN4O3S. The number of para-hydroxylation sites is 1. The average Bonchev–Trinajstić information content (AvgIpc) is 2.64. The molecule has 1 aliphatic heterocycles. The molecule has 1 unspecified atom stereocenters. The molecule has 0 bridgehead atoms. The Hall–Kier alpha value is -0.780. The highest BCUT2D eigenvalue weighted by Crippen LogP contribution is 2.27. The van der Waals surface area contributed by atoms with E-state index >= 15 is 0 Å². The first-order valence-electron chi connectivity index (χ1n) is 9.69. The first-order chi connectivity index (χ1) is 13.4. The quantitative estimate of drug-likeness (QED) is 0.210. The zero-order valence-electron chi connectivity index (χ0n) is 17.1. The van der Waals surface area contributed by atoms with E-state index in [1.807, 2.05) is 25.1 Å². The molecule has 1 aromatic carbocycles. The summed E-state index contributed by atoms with van der Waals surface area (Å²) in [5.74, 6) is 0.787. The summed E-state index contributed by atoms with van der Waals surface area (Å²) in [5, 5.41) is 7.52. The molecule has 1 heterocycles. The highest BCUT2D eigenvalue weighted by Gasteiger charge is 2.22. The van der Waals surface area contributed by atoms with E-state index in [2.05, 4.69) is 26.6 Å². The van der Waals surface area contributed by atoms with Gasteiger partial charge < -0.3 is 20.3 Å². The highest BCUT2D eigenvalue weighted by atomic mass is 127. The van der Waals surface area contributed by atoms with Gasteiger partial charge in [-0.2, -0.15) is 0 Å². The Bertz CT molecular complexity index is 749. The summed E-state index contributed by atoms with van der Waals surface area (Å²) in [6.45, 7) is 5.71. The monoisotopic (exact) mass is 558 g/mol. The smallest absolute Gasteiger partial charge is 0.191 e. The molecule has 0 spiro atoms. The van der Waals surface area contributed by atoms with Crippen LogP contribution >= 0.6 is 35.6 Å². The van der Waals surface area contributed by atoms with Crippen LogP contribution in [0.25, 0.3) is 0 Å². The maximum atomic E-state index is 11.1. The summed E-state index contributed by atoms with van der Waals surface area (Å²) < 4.78 is 27.5. The minimum absolute atomic E-state index is 0. The summed E-state index contributed by atoms with van der Waals surface area (Å²) in [6.07, 6.45) is 3.35. The first-order valence-corrected chi connectivity index (χ1v) is 12.1. The van der Waals surface area contributed by atoms with E-state index in [0.717, 1.165) is 49.1 Å². The van der Waals surface area contributed by atoms with E-state index in [0.29, 0.717) is 13.2 Å². The van der Waals surface area contributed by atoms with E-state index in [4.69, 9.17) is 16.3 Å². The number of aliphatic imine (C=N–C) groups is 1. The second-order valence-corrected chi connectivity index (χ2v) is 9.55. The average molecular weight is 559 g/mol. The molecule has 1 fully saturated rings. The molecule has 0 aliphatic carbocycles. The van der Waals surface area contributed by atoms with Gasteiger partial charge >= 0.3 is 0 Å². The van der Waals surface area contributed by atoms with Crippen molar-refractivity contribution in [3.63, 3.8) is 0 Å². The number of benzene rings is 1. The molecular weight excluding hydrogens is 527 g/mol. The third kappa shape index (κ3) is 10.2. The van der Waals surface area contributed by atoms with Crippen molar-refractivity contribution >= 4 is 57.1 Å². The molecule has 2 N–H and O–H groups in total. The number of rotatable bonds is 9. The van der Waals surface area contributed by atoms with Gasteiger partial charge in [0.2, 0.25) is 0 Å². The summed E-state index contributed by atoms with van der Waals surface area (Å²) >= 11 is 6.35. The van der Waals surface area contributed by atoms with E-state index < -0.39 is 9.84 Å². The van der Waals surface area contributed by atoms with E-state index in [-0.39, 0.29) is 42.4 Å². The lowest BCUT2D eigenvalue weighted by Crippen LogP contribution is -2.51. The molecule has 29 heavy (non-hydrogen) atoms. The van der Waals surface area contributed by atoms with Crippen molar-refractivity contribution in [2.24, 2.45) is 4.99 Å². The van der Waals surface area contributed by atoms with Crippen LogP contribution in [0.3, 0.4) is 0 Å². The molecule has 1 saturated heterocycles. The van der Waals surface area contributed by atoms with Gasteiger partial charge in [0.15, 0.2) is 5.96 Å². The maximum absolute atomic E-state index is 11.1. The highest BCUT2D eigenvalue weighted by molar-refractivity contribution is 14.0. The predicted octanol–water partition coefficient (Wildman–Crippen LogP) is 2.54. The van der Waals surface area contributed by atoms with Crippen molar-refractivity contribution in [2.45, 2.75) is 25.8 Å². The van der Waals surface area contributed by atoms with Crippen LogP contribution in [0.2, 0.25) is 5.02 Å². The molecule has 10 heteroatoms. The van der Waals surface area contributed by atoms with Crippen LogP contribution in [0.15, 0.2) is 29.3 Å². The SMILES string of the molecule is CCNC(=NCCOCCS(C)(=O)=O)NC1CCCN(c2ccccc2Cl)C1.I. The number of hydrogen-bond acceptors (Lipinski definition) is 5. The molecule has 1 aliphatic rings. The molecule has 7 nitrogen and oxygen atoms in total. The van der Waals surface area contributed by atoms with Crippen molar-refractivity contribution in [3.8, 4) is 0 Å². The van der Waals surface area contributed by atoms with Gasteiger partial charge in [-0.15, -0.1) is 24.0 Å². The predicted molar refractivity (Wildman–Crippen MR) is 132 cm³/mol. The van der Waals surface area contributed by atoms with Gasteiger partial charge in [0.25, 0.3) is 0 Å². The molecule has 0 amide bonds. The summed E-state index contributed by atoms with van der Waals surface area (Å²) in [7, 11) is -2.99. The van der Waals surface area contributed by atoms with Gasteiger partial charge in [-0.05, 0) is 31.9 Å². The van der Waals surface area contributed by atoms with Crippen molar-refractivity contribution in [1.82, 2.24) is 10.6 Å². The zero-order chi connectivity index (χ0) is 20.4. The Morgan fingerprint density at radius 2 is 2.10 bits per heavy atom. The van der Waals surface area contributed by atoms with Gasteiger partial charge in [-0.1, -0.05) is 23.7 Å². The van der Waals surface area contributed by atoms with E-state index in [9.17, 15) is 8.42 Å². The fraction of sp³-hybridized carbons (Fsp3) is 0.632. The summed E-state index contributed by atoms with van der Waals surface area (Å²) in [5.41, 5.74) is 1.07. The summed E-state index contributed by atoms with van der Waals surface area (Å²) in [4.78, 5) is 6.84. The molecule has 0 saturated carbocycles. The van der Waals surface area contributed by atoms with Gasteiger partial charge in [-0.25, -0.2) is 8.42 Å². The van der Waals surface area contributed by atoms with Crippen LogP contribution in [-0.2, 0) is 14.6 Å². The number of piperidine rings is 1. The van der Waals surface area contributed by atoms with Crippen LogP contribution in [0.5, 0.6) is 0 Å². The van der Waals surface area contributed by atoms with Crippen molar-refractivity contribution < 1.29 is 13.2 Å². The minimum atomic E-state index is -2.99. The molecule has 1 aromatic rings. The fourth-order valence-electron chi connectivity index (χ4n) is 3.07. The Labute approximate surface area is 196 Å². The number of nitrogens with one attached hydrogen (secondary N) is 2. The molecule has 0 aromatic heterocycles. The second-order valence-electron chi connectivity index (χ2n) is 6.88. The van der Waals surface area contributed by atoms with Crippen LogP contribution in [0, 0.1) is 0 Å². The number of hydrogen-bond donors (Lipinski definition) is 2. The third-order valence-corrected chi connectivity index (χ3v) is 5.63. The molecule has 166 valence electrons. The van der Waals surface area contributed by atoms with Gasteiger partial charge in [0, 0.05) is 31.9 Å². The topological polar surface area (TPSA) is 83.0 Å². The number of anilines is 1. The number of sulfone groups is 1. The second kappa shape index (κ2) is 13.5. The summed E-state index contributed by atoms with van der Waals surface area (Å²) in [6, 6.07) is 8.20. The standard InChI is InChI=1S/C19H31ClN4O3S.HI/c1-3-21-19(22-10-12-27-13-14-28(2,25)26)23-16-7-6-11-24(15-16)18-9-5-4-8-17(18)20;/h4-5,8-9,16H,3,6-7,10-15H2,1-2H3,(H2,21,22,23);1H. The first kappa shape index (κ1) is 26.3. The number of guanidine groups is 1. The largest absolute Gasteiger partial charge is 0.378 e. The van der Waals surface area contributed by atoms with Crippen molar-refractivity contribution in [1.29, 1.82) is 0 Å². The van der Waals surface area contributed by atoms with Crippen LogP contribution in [-0.4, -0.2) is 71.8 Å². The lowest BCUT2D eigenvalue weighted by atomic mass is 10.0. The van der Waals surface area contributed by atoms with Crippen molar-refractivity contribution in [3.05, 3.63) is 29.3 Å². The van der Waals surface area contributed by atoms with Gasteiger partial charge in [-0.3, -0.25) is 4.99 Å². The normalized spacial score (nSPS) is 17.6.